The highest BCUT2D eigenvalue weighted by atomic mass is 16.4. The Labute approximate surface area is 93.4 Å². The minimum Gasteiger partial charge on any atom is -0.409 e. The van der Waals surface area contributed by atoms with Crippen molar-refractivity contribution in [3.05, 3.63) is 30.1 Å². The van der Waals surface area contributed by atoms with Gasteiger partial charge in [-0.05, 0) is 19.1 Å². The van der Waals surface area contributed by atoms with Crippen molar-refractivity contribution in [2.75, 3.05) is 13.1 Å². The number of amides is 1. The van der Waals surface area contributed by atoms with Crippen molar-refractivity contribution in [2.45, 2.75) is 6.92 Å². The van der Waals surface area contributed by atoms with Gasteiger partial charge in [0, 0.05) is 24.5 Å². The van der Waals surface area contributed by atoms with Crippen LogP contribution in [-0.4, -0.2) is 39.9 Å². The molecular formula is C10H14N4O2. The summed E-state index contributed by atoms with van der Waals surface area (Å²) in [5.41, 5.74) is 5.89. The Hall–Kier alpha value is -2.11. The lowest BCUT2D eigenvalue weighted by atomic mass is 10.2. The zero-order valence-electron chi connectivity index (χ0n) is 9.00. The lowest BCUT2D eigenvalue weighted by Gasteiger charge is -2.19. The molecule has 0 radical (unpaired) electrons. The molecule has 16 heavy (non-hydrogen) atoms. The highest BCUT2D eigenvalue weighted by molar-refractivity contribution is 5.96. The maximum absolute atomic E-state index is 11.9. The third-order valence-corrected chi connectivity index (χ3v) is 2.08. The molecule has 0 aliphatic carbocycles. The molecule has 0 unspecified atom stereocenters. The van der Waals surface area contributed by atoms with Crippen LogP contribution in [0.4, 0.5) is 0 Å². The summed E-state index contributed by atoms with van der Waals surface area (Å²) in [7, 11) is 0. The van der Waals surface area contributed by atoms with Gasteiger partial charge in [0.2, 0.25) is 0 Å². The molecule has 6 nitrogen and oxygen atoms in total. The first-order chi connectivity index (χ1) is 7.69. The molecule has 1 amide bonds. The second-order valence-electron chi connectivity index (χ2n) is 3.15. The van der Waals surface area contributed by atoms with E-state index in [9.17, 15) is 4.79 Å². The molecule has 3 N–H and O–H groups in total. The molecule has 86 valence electrons. The van der Waals surface area contributed by atoms with E-state index in [1.807, 2.05) is 6.92 Å². The highest BCUT2D eigenvalue weighted by Gasteiger charge is 2.14. The van der Waals surface area contributed by atoms with Crippen molar-refractivity contribution in [1.82, 2.24) is 9.88 Å². The summed E-state index contributed by atoms with van der Waals surface area (Å²) in [6.07, 6.45) is 3.09. The lowest BCUT2D eigenvalue weighted by molar-refractivity contribution is 0.0786. The van der Waals surface area contributed by atoms with Crippen LogP contribution in [0.2, 0.25) is 0 Å². The number of amidine groups is 1. The monoisotopic (exact) mass is 222 g/mol. The van der Waals surface area contributed by atoms with Gasteiger partial charge < -0.3 is 15.8 Å². The van der Waals surface area contributed by atoms with Crippen LogP contribution in [0.15, 0.2) is 29.7 Å². The van der Waals surface area contributed by atoms with E-state index in [2.05, 4.69) is 10.1 Å². The van der Waals surface area contributed by atoms with Crippen molar-refractivity contribution in [1.29, 1.82) is 0 Å². The van der Waals surface area contributed by atoms with E-state index < -0.39 is 0 Å². The fourth-order valence-corrected chi connectivity index (χ4v) is 1.23. The van der Waals surface area contributed by atoms with Gasteiger partial charge in [-0.1, -0.05) is 5.16 Å². The van der Waals surface area contributed by atoms with Crippen LogP contribution < -0.4 is 5.73 Å². The summed E-state index contributed by atoms with van der Waals surface area (Å²) >= 11 is 0. The third kappa shape index (κ3) is 2.94. The van der Waals surface area contributed by atoms with Gasteiger partial charge in [-0.3, -0.25) is 9.78 Å². The van der Waals surface area contributed by atoms with Crippen LogP contribution in [0.3, 0.4) is 0 Å². The Balaban J connectivity index is 2.78. The van der Waals surface area contributed by atoms with Crippen LogP contribution >= 0.6 is 0 Å². The first-order valence-electron chi connectivity index (χ1n) is 4.84. The average molecular weight is 222 g/mol. The van der Waals surface area contributed by atoms with Crippen LogP contribution in [0, 0.1) is 0 Å². The molecule has 0 aliphatic rings. The fraction of sp³-hybridized carbons (Fsp3) is 0.300. The smallest absolute Gasteiger partial charge is 0.254 e. The SMILES string of the molecule is CCN(CC(N)=NO)C(=O)c1ccncc1. The number of nitrogens with two attached hydrogens (primary N) is 1. The standard InChI is InChI=1S/C10H14N4O2/c1-2-14(7-9(11)13-16)10(15)8-3-5-12-6-4-8/h3-6,16H,2,7H2,1H3,(H2,11,13). The predicted molar refractivity (Wildman–Crippen MR) is 59.2 cm³/mol. The van der Waals surface area contributed by atoms with Gasteiger partial charge in [0.05, 0.1) is 6.54 Å². The van der Waals surface area contributed by atoms with Gasteiger partial charge >= 0.3 is 0 Å². The maximum Gasteiger partial charge on any atom is 0.254 e. The van der Waals surface area contributed by atoms with Gasteiger partial charge in [0.15, 0.2) is 5.84 Å². The Kier molecular flexibility index (Phi) is 4.26. The molecule has 0 fully saturated rings. The van der Waals surface area contributed by atoms with E-state index in [0.29, 0.717) is 12.1 Å². The van der Waals surface area contributed by atoms with Crippen molar-refractivity contribution in [3.8, 4) is 0 Å². The van der Waals surface area contributed by atoms with E-state index >= 15 is 0 Å². The normalized spacial score (nSPS) is 11.2. The molecular weight excluding hydrogens is 208 g/mol. The van der Waals surface area contributed by atoms with Crippen molar-refractivity contribution >= 4 is 11.7 Å². The molecule has 0 spiro atoms. The van der Waals surface area contributed by atoms with E-state index in [1.54, 1.807) is 24.5 Å². The molecule has 0 atom stereocenters. The molecule has 6 heteroatoms. The van der Waals surface area contributed by atoms with Gasteiger partial charge in [-0.25, -0.2) is 0 Å². The van der Waals surface area contributed by atoms with E-state index in [1.165, 1.54) is 4.90 Å². The number of oxime groups is 1. The van der Waals surface area contributed by atoms with E-state index in [0.717, 1.165) is 0 Å². The second-order valence-corrected chi connectivity index (χ2v) is 3.15. The van der Waals surface area contributed by atoms with Crippen molar-refractivity contribution < 1.29 is 10.0 Å². The number of carbonyl (C=O) groups is 1. The van der Waals surface area contributed by atoms with Gasteiger partial charge in [-0.15, -0.1) is 0 Å². The molecule has 1 aromatic rings. The summed E-state index contributed by atoms with van der Waals surface area (Å²) < 4.78 is 0. The van der Waals surface area contributed by atoms with E-state index in [-0.39, 0.29) is 18.3 Å². The Morgan fingerprint density at radius 1 is 1.56 bits per heavy atom. The number of hydrogen-bond donors (Lipinski definition) is 2. The fourth-order valence-electron chi connectivity index (χ4n) is 1.23. The maximum atomic E-state index is 11.9. The van der Waals surface area contributed by atoms with Crippen LogP contribution in [-0.2, 0) is 0 Å². The molecule has 0 aromatic carbocycles. The minimum absolute atomic E-state index is 0.00394. The number of aromatic nitrogens is 1. The number of hydrogen-bond acceptors (Lipinski definition) is 4. The highest BCUT2D eigenvalue weighted by Crippen LogP contribution is 2.02. The topological polar surface area (TPSA) is 91.8 Å². The predicted octanol–water partition coefficient (Wildman–Crippen LogP) is 0.290. The molecule has 0 aliphatic heterocycles. The number of nitrogens with zero attached hydrogens (tertiary/aromatic N) is 3. The van der Waals surface area contributed by atoms with Crippen molar-refractivity contribution in [2.24, 2.45) is 10.9 Å². The number of rotatable bonds is 4. The van der Waals surface area contributed by atoms with Gasteiger partial charge in [-0.2, -0.15) is 0 Å². The van der Waals surface area contributed by atoms with Crippen LogP contribution in [0.25, 0.3) is 0 Å². The van der Waals surface area contributed by atoms with Gasteiger partial charge in [0.25, 0.3) is 5.91 Å². The molecule has 1 rings (SSSR count). The first kappa shape index (κ1) is 12.0. The quantitative estimate of drug-likeness (QED) is 0.331. The zero-order chi connectivity index (χ0) is 12.0. The number of carbonyl (C=O) groups excluding carboxylic acids is 1. The van der Waals surface area contributed by atoms with E-state index in [4.69, 9.17) is 10.9 Å². The van der Waals surface area contributed by atoms with Crippen LogP contribution in [0.5, 0.6) is 0 Å². The summed E-state index contributed by atoms with van der Waals surface area (Å²) in [5.74, 6) is -0.166. The first-order valence-corrected chi connectivity index (χ1v) is 4.84. The average Bonchev–Trinajstić information content (AvgIpc) is 2.35. The largest absolute Gasteiger partial charge is 0.409 e. The van der Waals surface area contributed by atoms with Crippen LogP contribution in [0.1, 0.15) is 17.3 Å². The zero-order valence-corrected chi connectivity index (χ0v) is 9.00. The summed E-state index contributed by atoms with van der Waals surface area (Å²) in [4.78, 5) is 17.2. The second kappa shape index (κ2) is 5.69. The molecule has 0 bridgehead atoms. The minimum atomic E-state index is -0.170. The molecule has 1 heterocycles. The molecule has 0 saturated heterocycles. The number of likely N-dealkylation sites (N-methyl/N-ethyl adjacent to an activating group) is 1. The molecule has 0 saturated carbocycles. The van der Waals surface area contributed by atoms with Gasteiger partial charge in [0.1, 0.15) is 0 Å². The lowest BCUT2D eigenvalue weighted by Crippen LogP contribution is -2.38. The number of pyridine rings is 1. The summed E-state index contributed by atoms with van der Waals surface area (Å²) in [6.45, 7) is 2.41. The van der Waals surface area contributed by atoms with Crippen molar-refractivity contribution in [3.63, 3.8) is 0 Å². The third-order valence-electron chi connectivity index (χ3n) is 2.08. The summed E-state index contributed by atoms with van der Waals surface area (Å²) in [5, 5.41) is 11.3. The molecule has 1 aromatic heterocycles. The Morgan fingerprint density at radius 2 is 2.19 bits per heavy atom. The summed E-state index contributed by atoms with van der Waals surface area (Å²) in [6, 6.07) is 3.24. The Bertz CT molecular complexity index is 378. The Morgan fingerprint density at radius 3 is 2.69 bits per heavy atom.